The molecule has 140 valence electrons. The molecule has 0 heterocycles. The van der Waals surface area contributed by atoms with Crippen LogP contribution in [-0.4, -0.2) is 23.1 Å². The van der Waals surface area contributed by atoms with E-state index >= 15 is 0 Å². The summed E-state index contributed by atoms with van der Waals surface area (Å²) in [5.74, 6) is -0.594. The lowest BCUT2D eigenvalue weighted by Gasteiger charge is -2.05. The Bertz CT molecular complexity index is 848. The highest BCUT2D eigenvalue weighted by Crippen LogP contribution is 2.21. The first kappa shape index (κ1) is 20.2. The SMILES string of the molecule is C=CCc1cccc(C=NNC(=O)CCC(=O)Nc2ccc(Cl)cc2)c1O. The molecule has 0 spiro atoms. The number of hydrogen-bond donors (Lipinski definition) is 3. The number of halogens is 1. The van der Waals surface area contributed by atoms with Crippen LogP contribution in [0, 0.1) is 0 Å². The Balaban J connectivity index is 1.79. The van der Waals surface area contributed by atoms with Crippen LogP contribution in [-0.2, 0) is 16.0 Å². The number of anilines is 1. The molecule has 0 fully saturated rings. The van der Waals surface area contributed by atoms with E-state index in [1.807, 2.05) is 0 Å². The van der Waals surface area contributed by atoms with Crippen molar-refractivity contribution in [1.82, 2.24) is 5.43 Å². The Morgan fingerprint density at radius 1 is 1.11 bits per heavy atom. The normalized spacial score (nSPS) is 10.6. The van der Waals surface area contributed by atoms with E-state index in [0.29, 0.717) is 22.7 Å². The van der Waals surface area contributed by atoms with Gasteiger partial charge in [-0.15, -0.1) is 6.58 Å². The maximum atomic E-state index is 11.8. The summed E-state index contributed by atoms with van der Waals surface area (Å²) in [6, 6.07) is 11.9. The molecule has 0 unspecified atom stereocenters. The molecule has 0 aromatic heterocycles. The Labute approximate surface area is 162 Å². The molecule has 6 nitrogen and oxygen atoms in total. The van der Waals surface area contributed by atoms with Crippen LogP contribution >= 0.6 is 11.6 Å². The van der Waals surface area contributed by atoms with Gasteiger partial charge in [-0.25, -0.2) is 5.43 Å². The smallest absolute Gasteiger partial charge is 0.240 e. The van der Waals surface area contributed by atoms with Gasteiger partial charge in [0, 0.05) is 29.1 Å². The molecule has 0 saturated heterocycles. The second-order valence-electron chi connectivity index (χ2n) is 5.70. The van der Waals surface area contributed by atoms with Crippen molar-refractivity contribution in [2.75, 3.05) is 5.32 Å². The number of allylic oxidation sites excluding steroid dienone is 1. The number of rotatable bonds is 8. The first-order chi connectivity index (χ1) is 13.0. The topological polar surface area (TPSA) is 90.8 Å². The summed E-state index contributed by atoms with van der Waals surface area (Å²) in [5, 5.41) is 17.2. The highest BCUT2D eigenvalue weighted by Gasteiger charge is 2.07. The van der Waals surface area contributed by atoms with Crippen molar-refractivity contribution in [1.29, 1.82) is 0 Å². The number of nitrogens with one attached hydrogen (secondary N) is 2. The van der Waals surface area contributed by atoms with Crippen molar-refractivity contribution in [2.45, 2.75) is 19.3 Å². The third kappa shape index (κ3) is 6.60. The number of aromatic hydroxyl groups is 1. The first-order valence-corrected chi connectivity index (χ1v) is 8.66. The van der Waals surface area contributed by atoms with Crippen molar-refractivity contribution in [3.63, 3.8) is 0 Å². The minimum Gasteiger partial charge on any atom is -0.507 e. The molecule has 0 atom stereocenters. The van der Waals surface area contributed by atoms with E-state index in [1.54, 1.807) is 48.5 Å². The molecule has 27 heavy (non-hydrogen) atoms. The number of phenols is 1. The van der Waals surface area contributed by atoms with Gasteiger partial charge in [0.15, 0.2) is 0 Å². The fourth-order valence-electron chi connectivity index (χ4n) is 2.25. The average molecular weight is 386 g/mol. The van der Waals surface area contributed by atoms with Gasteiger partial charge in [-0.2, -0.15) is 5.10 Å². The molecular formula is C20H20ClN3O3. The van der Waals surface area contributed by atoms with Crippen molar-refractivity contribution in [2.24, 2.45) is 5.10 Å². The summed E-state index contributed by atoms with van der Waals surface area (Å²) < 4.78 is 0. The molecule has 3 N–H and O–H groups in total. The first-order valence-electron chi connectivity index (χ1n) is 8.28. The molecule has 2 rings (SSSR count). The second-order valence-corrected chi connectivity index (χ2v) is 6.13. The lowest BCUT2D eigenvalue weighted by atomic mass is 10.1. The number of hydrazone groups is 1. The van der Waals surface area contributed by atoms with Crippen LogP contribution in [0.15, 0.2) is 60.2 Å². The summed E-state index contributed by atoms with van der Waals surface area (Å²) in [6.07, 6.45) is 3.58. The molecular weight excluding hydrogens is 366 g/mol. The minimum absolute atomic E-state index is 0.0146. The number of nitrogens with zero attached hydrogens (tertiary/aromatic N) is 1. The molecule has 2 aromatic rings. The molecule has 0 aliphatic carbocycles. The van der Waals surface area contributed by atoms with E-state index in [0.717, 1.165) is 5.56 Å². The lowest BCUT2D eigenvalue weighted by molar-refractivity contribution is -0.124. The fraction of sp³-hybridized carbons (Fsp3) is 0.150. The van der Waals surface area contributed by atoms with E-state index < -0.39 is 5.91 Å². The maximum absolute atomic E-state index is 11.8. The molecule has 2 amide bonds. The van der Waals surface area contributed by atoms with Gasteiger partial charge in [-0.3, -0.25) is 9.59 Å². The van der Waals surface area contributed by atoms with Crippen LogP contribution < -0.4 is 10.7 Å². The minimum atomic E-state index is -0.403. The van der Waals surface area contributed by atoms with Crippen molar-refractivity contribution >= 4 is 35.3 Å². The molecule has 2 aromatic carbocycles. The van der Waals surface area contributed by atoms with Gasteiger partial charge in [0.25, 0.3) is 0 Å². The van der Waals surface area contributed by atoms with Crippen LogP contribution in [0.1, 0.15) is 24.0 Å². The largest absolute Gasteiger partial charge is 0.507 e. The zero-order valence-corrected chi connectivity index (χ0v) is 15.4. The average Bonchev–Trinajstić information content (AvgIpc) is 2.65. The molecule has 0 saturated carbocycles. The maximum Gasteiger partial charge on any atom is 0.240 e. The number of carbonyl (C=O) groups excluding carboxylic acids is 2. The molecule has 0 aliphatic heterocycles. The fourth-order valence-corrected chi connectivity index (χ4v) is 2.38. The monoisotopic (exact) mass is 385 g/mol. The van der Waals surface area contributed by atoms with Crippen molar-refractivity contribution < 1.29 is 14.7 Å². The van der Waals surface area contributed by atoms with Crippen LogP contribution in [0.25, 0.3) is 0 Å². The van der Waals surface area contributed by atoms with Gasteiger partial charge in [-0.1, -0.05) is 29.8 Å². The molecule has 0 radical (unpaired) electrons. The van der Waals surface area contributed by atoms with E-state index in [-0.39, 0.29) is 24.5 Å². The highest BCUT2D eigenvalue weighted by atomic mass is 35.5. The van der Waals surface area contributed by atoms with E-state index in [9.17, 15) is 14.7 Å². The van der Waals surface area contributed by atoms with Crippen LogP contribution in [0.5, 0.6) is 5.75 Å². The van der Waals surface area contributed by atoms with Crippen LogP contribution in [0.3, 0.4) is 0 Å². The Kier molecular flexibility index (Phi) is 7.58. The second kappa shape index (κ2) is 10.1. The Hall–Kier alpha value is -3.12. The molecule has 0 bridgehead atoms. The van der Waals surface area contributed by atoms with Gasteiger partial charge in [0.05, 0.1) is 6.21 Å². The van der Waals surface area contributed by atoms with E-state index in [1.165, 1.54) is 6.21 Å². The number of amides is 2. The summed E-state index contributed by atoms with van der Waals surface area (Å²) in [6.45, 7) is 3.64. The summed E-state index contributed by atoms with van der Waals surface area (Å²) in [7, 11) is 0. The summed E-state index contributed by atoms with van der Waals surface area (Å²) in [4.78, 5) is 23.6. The van der Waals surface area contributed by atoms with Gasteiger partial charge in [0.1, 0.15) is 5.75 Å². The van der Waals surface area contributed by atoms with E-state index in [2.05, 4.69) is 22.4 Å². The zero-order chi connectivity index (χ0) is 19.6. The molecule has 7 heteroatoms. The number of hydrogen-bond acceptors (Lipinski definition) is 4. The highest BCUT2D eigenvalue weighted by molar-refractivity contribution is 6.30. The quantitative estimate of drug-likeness (QED) is 0.368. The number of phenolic OH excluding ortho intramolecular Hbond substituents is 1. The standard InChI is InChI=1S/C20H20ClN3O3/c1-2-4-14-5-3-6-15(20(14)27)13-22-24-19(26)12-11-18(25)23-17-9-7-16(21)8-10-17/h2-3,5-10,13,27H,1,4,11-12H2,(H,23,25)(H,24,26). The van der Waals surface area contributed by atoms with Gasteiger partial charge >= 0.3 is 0 Å². The Morgan fingerprint density at radius 3 is 2.52 bits per heavy atom. The summed E-state index contributed by atoms with van der Waals surface area (Å²) in [5.41, 5.74) is 4.15. The third-order valence-corrected chi connectivity index (χ3v) is 3.87. The van der Waals surface area contributed by atoms with Crippen LogP contribution in [0.2, 0.25) is 5.02 Å². The number of benzene rings is 2. The zero-order valence-electron chi connectivity index (χ0n) is 14.6. The van der Waals surface area contributed by atoms with Gasteiger partial charge in [-0.05, 0) is 42.3 Å². The van der Waals surface area contributed by atoms with Gasteiger partial charge < -0.3 is 10.4 Å². The summed E-state index contributed by atoms with van der Waals surface area (Å²) >= 11 is 5.78. The molecule has 0 aliphatic rings. The van der Waals surface area contributed by atoms with Crippen LogP contribution in [0.4, 0.5) is 5.69 Å². The Morgan fingerprint density at radius 2 is 1.81 bits per heavy atom. The van der Waals surface area contributed by atoms with E-state index in [4.69, 9.17) is 11.6 Å². The predicted octanol–water partition coefficient (Wildman–Crippen LogP) is 3.64. The van der Waals surface area contributed by atoms with Crippen molar-refractivity contribution in [3.05, 3.63) is 71.3 Å². The van der Waals surface area contributed by atoms with Crippen molar-refractivity contribution in [3.8, 4) is 5.75 Å². The number of para-hydroxylation sites is 1. The van der Waals surface area contributed by atoms with Gasteiger partial charge in [0.2, 0.25) is 11.8 Å². The lowest BCUT2D eigenvalue weighted by Crippen LogP contribution is -2.20. The predicted molar refractivity (Wildman–Crippen MR) is 107 cm³/mol. The number of carbonyl (C=O) groups is 2. The third-order valence-electron chi connectivity index (χ3n) is 3.62.